The maximum atomic E-state index is 13.0. The molecule has 1 aliphatic carbocycles. The number of hydrogen-bond acceptors (Lipinski definition) is 2. The topological polar surface area (TPSA) is 48.9 Å². The van der Waals surface area contributed by atoms with Gasteiger partial charge in [-0.3, -0.25) is 13.9 Å². The highest BCUT2D eigenvalue weighted by molar-refractivity contribution is 9.10. The van der Waals surface area contributed by atoms with Crippen molar-refractivity contribution in [2.24, 2.45) is 14.1 Å². The Morgan fingerprint density at radius 2 is 1.62 bits per heavy atom. The molecule has 3 aromatic rings. The molecule has 0 spiro atoms. The zero-order valence-electron chi connectivity index (χ0n) is 15.0. The molecule has 0 radical (unpaired) electrons. The van der Waals surface area contributed by atoms with Crippen LogP contribution in [0.3, 0.4) is 0 Å². The van der Waals surface area contributed by atoms with Crippen LogP contribution in [0.2, 0.25) is 0 Å². The number of benzene rings is 1. The van der Waals surface area contributed by atoms with Gasteiger partial charge in [-0.25, -0.2) is 4.79 Å². The summed E-state index contributed by atoms with van der Waals surface area (Å²) in [6.07, 6.45) is 7.90. The van der Waals surface area contributed by atoms with Crippen molar-refractivity contribution in [2.45, 2.75) is 38.1 Å². The zero-order chi connectivity index (χ0) is 18.4. The fraction of sp³-hybridized carbons (Fsp3) is 0.400. The monoisotopic (exact) mass is 415 g/mol. The van der Waals surface area contributed by atoms with Crippen LogP contribution in [-0.2, 0) is 14.1 Å². The lowest BCUT2D eigenvalue weighted by Crippen LogP contribution is -2.36. The van der Waals surface area contributed by atoms with Crippen molar-refractivity contribution < 1.29 is 0 Å². The van der Waals surface area contributed by atoms with E-state index < -0.39 is 0 Å². The Morgan fingerprint density at radius 3 is 2.27 bits per heavy atom. The van der Waals surface area contributed by atoms with E-state index in [1.165, 1.54) is 23.8 Å². The summed E-state index contributed by atoms with van der Waals surface area (Å²) in [6, 6.07) is 8.41. The van der Waals surface area contributed by atoms with Crippen LogP contribution < -0.4 is 11.2 Å². The highest BCUT2D eigenvalue weighted by Gasteiger charge is 2.24. The first kappa shape index (κ1) is 17.3. The number of fused-ring (bicyclic) bond motifs is 1. The fourth-order valence-electron chi connectivity index (χ4n) is 4.11. The van der Waals surface area contributed by atoms with Gasteiger partial charge in [-0.05, 0) is 30.5 Å². The quantitative estimate of drug-likeness (QED) is 0.635. The van der Waals surface area contributed by atoms with Crippen molar-refractivity contribution in [1.82, 2.24) is 13.7 Å². The summed E-state index contributed by atoms with van der Waals surface area (Å²) < 4.78 is 6.03. The Bertz CT molecular complexity index is 1080. The van der Waals surface area contributed by atoms with Gasteiger partial charge in [0, 0.05) is 30.8 Å². The number of halogens is 1. The molecular weight excluding hydrogens is 394 g/mol. The first-order valence-electron chi connectivity index (χ1n) is 9.05. The average Bonchev–Trinajstić information content (AvgIpc) is 3.07. The van der Waals surface area contributed by atoms with E-state index in [9.17, 15) is 9.59 Å². The van der Waals surface area contributed by atoms with Crippen molar-refractivity contribution in [3.05, 3.63) is 55.8 Å². The molecule has 26 heavy (non-hydrogen) atoms. The van der Waals surface area contributed by atoms with E-state index in [2.05, 4.69) is 20.5 Å². The van der Waals surface area contributed by atoms with Gasteiger partial charge in [-0.1, -0.05) is 47.3 Å². The van der Waals surface area contributed by atoms with Gasteiger partial charge in [0.05, 0.1) is 16.6 Å². The summed E-state index contributed by atoms with van der Waals surface area (Å²) >= 11 is 3.48. The van der Waals surface area contributed by atoms with Crippen LogP contribution >= 0.6 is 15.9 Å². The van der Waals surface area contributed by atoms with Crippen LogP contribution in [0.5, 0.6) is 0 Å². The number of rotatable bonds is 2. The van der Waals surface area contributed by atoms with Gasteiger partial charge in [0.15, 0.2) is 0 Å². The summed E-state index contributed by atoms with van der Waals surface area (Å²) in [5.41, 5.74) is 2.13. The highest BCUT2D eigenvalue weighted by atomic mass is 79.9. The Morgan fingerprint density at radius 1 is 0.962 bits per heavy atom. The van der Waals surface area contributed by atoms with E-state index in [-0.39, 0.29) is 11.2 Å². The summed E-state index contributed by atoms with van der Waals surface area (Å²) in [5, 5.41) is 0.627. The van der Waals surface area contributed by atoms with Crippen LogP contribution in [-0.4, -0.2) is 13.7 Å². The summed E-state index contributed by atoms with van der Waals surface area (Å²) in [4.78, 5) is 25.4. The maximum Gasteiger partial charge on any atom is 0.330 e. The van der Waals surface area contributed by atoms with E-state index in [0.29, 0.717) is 16.9 Å². The normalized spacial score (nSPS) is 15.7. The molecule has 0 atom stereocenters. The highest BCUT2D eigenvalue weighted by Crippen LogP contribution is 2.36. The Kier molecular flexibility index (Phi) is 4.39. The lowest BCUT2D eigenvalue weighted by atomic mass is 9.95. The van der Waals surface area contributed by atoms with Gasteiger partial charge in [0.25, 0.3) is 5.56 Å². The Balaban J connectivity index is 2.09. The maximum absolute atomic E-state index is 13.0. The molecule has 4 rings (SSSR count). The molecule has 1 aliphatic rings. The first-order valence-corrected chi connectivity index (χ1v) is 9.85. The molecule has 2 aromatic heterocycles. The minimum Gasteiger partial charge on any atom is -0.342 e. The summed E-state index contributed by atoms with van der Waals surface area (Å²) in [5.74, 6) is 0. The third-order valence-electron chi connectivity index (χ3n) is 5.55. The minimum absolute atomic E-state index is 0.226. The van der Waals surface area contributed by atoms with Gasteiger partial charge in [0.2, 0.25) is 0 Å². The van der Waals surface area contributed by atoms with Gasteiger partial charge in [-0.15, -0.1) is 0 Å². The number of hydrogen-bond donors (Lipinski definition) is 0. The lowest BCUT2D eigenvalue weighted by Gasteiger charge is -2.25. The van der Waals surface area contributed by atoms with Crippen LogP contribution in [0.1, 0.15) is 38.1 Å². The second kappa shape index (κ2) is 6.58. The van der Waals surface area contributed by atoms with Gasteiger partial charge < -0.3 is 4.57 Å². The van der Waals surface area contributed by atoms with Crippen LogP contribution in [0.4, 0.5) is 0 Å². The molecule has 1 saturated carbocycles. The molecule has 1 fully saturated rings. The van der Waals surface area contributed by atoms with Crippen molar-refractivity contribution in [2.75, 3.05) is 0 Å². The molecule has 0 amide bonds. The SMILES string of the molecule is Cn1c(=O)c2c(-c3ccc(Br)cc3)n(C3CCCCC3)cc2n(C)c1=O. The molecule has 6 heteroatoms. The van der Waals surface area contributed by atoms with Crippen molar-refractivity contribution in [3.63, 3.8) is 0 Å². The van der Waals surface area contributed by atoms with Crippen molar-refractivity contribution in [1.29, 1.82) is 0 Å². The second-order valence-corrected chi connectivity index (χ2v) is 8.07. The smallest absolute Gasteiger partial charge is 0.330 e. The summed E-state index contributed by atoms with van der Waals surface area (Å²) in [7, 11) is 3.29. The van der Waals surface area contributed by atoms with E-state index in [1.54, 1.807) is 18.7 Å². The summed E-state index contributed by atoms with van der Waals surface area (Å²) in [6.45, 7) is 0. The Hall–Kier alpha value is -2.08. The van der Waals surface area contributed by atoms with Crippen LogP contribution in [0.25, 0.3) is 22.2 Å². The molecule has 2 heterocycles. The largest absolute Gasteiger partial charge is 0.342 e. The van der Waals surface area contributed by atoms with Gasteiger partial charge in [0.1, 0.15) is 0 Å². The fourth-order valence-corrected chi connectivity index (χ4v) is 4.37. The number of nitrogens with zero attached hydrogens (tertiary/aromatic N) is 3. The third-order valence-corrected chi connectivity index (χ3v) is 6.08. The van der Waals surface area contributed by atoms with Crippen molar-refractivity contribution in [3.8, 4) is 11.3 Å². The molecular formula is C20H22BrN3O2. The molecule has 5 nitrogen and oxygen atoms in total. The van der Waals surface area contributed by atoms with Gasteiger partial charge >= 0.3 is 5.69 Å². The van der Waals surface area contributed by atoms with Crippen LogP contribution in [0.15, 0.2) is 44.5 Å². The van der Waals surface area contributed by atoms with Gasteiger partial charge in [-0.2, -0.15) is 0 Å². The predicted octanol–water partition coefficient (Wildman–Crippen LogP) is 3.97. The standard InChI is InChI=1S/C20H22BrN3O2/c1-22-16-12-24(15-6-4-3-5-7-15)18(13-8-10-14(21)11-9-13)17(16)19(25)23(2)20(22)26/h8-12,15H,3-7H2,1-2H3. The molecule has 0 aliphatic heterocycles. The molecule has 0 bridgehead atoms. The average molecular weight is 416 g/mol. The zero-order valence-corrected chi connectivity index (χ0v) is 16.6. The Labute approximate surface area is 160 Å². The molecule has 0 unspecified atom stereocenters. The molecule has 0 saturated heterocycles. The molecule has 1 aromatic carbocycles. The third kappa shape index (κ3) is 2.67. The van der Waals surface area contributed by atoms with Crippen molar-refractivity contribution >= 4 is 26.8 Å². The molecule has 136 valence electrons. The van der Waals surface area contributed by atoms with Crippen LogP contribution in [0, 0.1) is 0 Å². The van der Waals surface area contributed by atoms with E-state index in [1.807, 2.05) is 30.5 Å². The second-order valence-electron chi connectivity index (χ2n) is 7.15. The predicted molar refractivity (Wildman–Crippen MR) is 108 cm³/mol. The molecule has 0 N–H and O–H groups in total. The minimum atomic E-state index is -0.286. The lowest BCUT2D eigenvalue weighted by molar-refractivity contribution is 0.357. The number of aromatic nitrogens is 3. The first-order chi connectivity index (χ1) is 12.5. The van der Waals surface area contributed by atoms with E-state index >= 15 is 0 Å². The van der Waals surface area contributed by atoms with E-state index in [0.717, 1.165) is 28.6 Å². The van der Waals surface area contributed by atoms with E-state index in [4.69, 9.17) is 0 Å². The number of aryl methyl sites for hydroxylation is 1.